The Hall–Kier alpha value is -2.45. The number of likely N-dealkylation sites (N-methyl/N-ethyl adjacent to an activating group) is 1. The highest BCUT2D eigenvalue weighted by atomic mass is 16.5. The summed E-state index contributed by atoms with van der Waals surface area (Å²) in [4.78, 5) is 36.5. The summed E-state index contributed by atoms with van der Waals surface area (Å²) in [6.45, 7) is 9.40. The quantitative estimate of drug-likeness (QED) is 0.626. The number of hydrogen-bond donors (Lipinski definition) is 1. The summed E-state index contributed by atoms with van der Waals surface area (Å²) in [7, 11) is 1.82. The van der Waals surface area contributed by atoms with Gasteiger partial charge in [0, 0.05) is 38.7 Å². The Labute approximate surface area is 203 Å². The van der Waals surface area contributed by atoms with E-state index >= 15 is 0 Å². The van der Waals surface area contributed by atoms with Crippen molar-refractivity contribution < 1.29 is 19.4 Å². The Kier molecular flexibility index (Phi) is 9.47. The number of ether oxygens (including phenoxy) is 1. The molecule has 8 heteroatoms. The molecule has 0 aliphatic carbocycles. The summed E-state index contributed by atoms with van der Waals surface area (Å²) in [5.41, 5.74) is 1.19. The summed E-state index contributed by atoms with van der Waals surface area (Å²) in [6, 6.07) is 1.44. The topological polar surface area (TPSA) is 86.2 Å². The van der Waals surface area contributed by atoms with Crippen molar-refractivity contribution in [3.05, 3.63) is 29.5 Å². The lowest BCUT2D eigenvalue weighted by molar-refractivity contribution is -0.131. The minimum Gasteiger partial charge on any atom is -0.472 e. The van der Waals surface area contributed by atoms with Crippen LogP contribution in [0.4, 0.5) is 0 Å². The van der Waals surface area contributed by atoms with Gasteiger partial charge in [-0.15, -0.1) is 0 Å². The number of nitrogens with zero attached hydrogens (tertiary/aromatic N) is 4. The predicted octanol–water partition coefficient (Wildman–Crippen LogP) is 2.67. The van der Waals surface area contributed by atoms with Gasteiger partial charge in [-0.2, -0.15) is 0 Å². The van der Waals surface area contributed by atoms with Crippen molar-refractivity contribution in [3.63, 3.8) is 0 Å². The molecule has 8 nitrogen and oxygen atoms in total. The van der Waals surface area contributed by atoms with Crippen LogP contribution in [0.3, 0.4) is 0 Å². The fourth-order valence-electron chi connectivity index (χ4n) is 4.62. The van der Waals surface area contributed by atoms with Gasteiger partial charge in [0.15, 0.2) is 0 Å². The van der Waals surface area contributed by atoms with E-state index in [1.54, 1.807) is 22.1 Å². The zero-order valence-corrected chi connectivity index (χ0v) is 21.1. The highest BCUT2D eigenvalue weighted by Crippen LogP contribution is 2.27. The number of amides is 2. The van der Waals surface area contributed by atoms with E-state index in [1.165, 1.54) is 19.3 Å². The second-order valence-electron chi connectivity index (χ2n) is 9.67. The maximum absolute atomic E-state index is 13.4. The summed E-state index contributed by atoms with van der Waals surface area (Å²) in [6.07, 6.45) is 9.32. The average Bonchev–Trinajstić information content (AvgIpc) is 2.85. The molecule has 3 rings (SSSR count). The van der Waals surface area contributed by atoms with Crippen molar-refractivity contribution in [3.8, 4) is 5.88 Å². The molecule has 3 atom stereocenters. The van der Waals surface area contributed by atoms with Crippen molar-refractivity contribution in [2.45, 2.75) is 58.6 Å². The molecule has 1 aromatic rings. The molecule has 1 aromatic heterocycles. The molecule has 0 aromatic carbocycles. The Morgan fingerprint density at radius 1 is 1.35 bits per heavy atom. The van der Waals surface area contributed by atoms with Crippen LogP contribution in [0, 0.1) is 5.92 Å². The highest BCUT2D eigenvalue weighted by Gasteiger charge is 2.34. The van der Waals surface area contributed by atoms with E-state index in [-0.39, 0.29) is 42.4 Å². The zero-order valence-electron chi connectivity index (χ0n) is 21.1. The van der Waals surface area contributed by atoms with Gasteiger partial charge in [0.2, 0.25) is 11.8 Å². The Balaban J connectivity index is 1.77. The van der Waals surface area contributed by atoms with E-state index in [0.29, 0.717) is 25.1 Å². The Morgan fingerprint density at radius 2 is 2.09 bits per heavy atom. The molecular formula is C26H40N4O4. The summed E-state index contributed by atoms with van der Waals surface area (Å²) >= 11 is 0. The minimum atomic E-state index is -0.337. The number of carbonyl (C=O) groups is 2. The molecule has 2 aliphatic rings. The molecule has 1 N–H and O–H groups in total. The van der Waals surface area contributed by atoms with Gasteiger partial charge < -0.3 is 24.5 Å². The number of hydrogen-bond acceptors (Lipinski definition) is 6. The van der Waals surface area contributed by atoms with E-state index < -0.39 is 0 Å². The van der Waals surface area contributed by atoms with Crippen LogP contribution in [0.15, 0.2) is 18.3 Å². The fraction of sp³-hybridized carbons (Fsp3) is 0.654. The molecule has 0 spiro atoms. The molecule has 1 saturated heterocycles. The second kappa shape index (κ2) is 12.3. The number of piperidine rings is 1. The maximum Gasteiger partial charge on any atom is 0.259 e. The van der Waals surface area contributed by atoms with Crippen molar-refractivity contribution in [1.82, 2.24) is 19.7 Å². The minimum absolute atomic E-state index is 0.0551. The molecule has 1 fully saturated rings. The largest absolute Gasteiger partial charge is 0.472 e. The second-order valence-corrected chi connectivity index (χ2v) is 9.67. The number of aliphatic hydroxyl groups excluding tert-OH is 1. The molecule has 34 heavy (non-hydrogen) atoms. The van der Waals surface area contributed by atoms with E-state index in [1.807, 2.05) is 40.0 Å². The van der Waals surface area contributed by atoms with Crippen LogP contribution in [-0.2, 0) is 4.79 Å². The van der Waals surface area contributed by atoms with Gasteiger partial charge in [0.1, 0.15) is 11.7 Å². The number of pyridine rings is 1. The van der Waals surface area contributed by atoms with Gasteiger partial charge in [-0.05, 0) is 51.4 Å². The first-order valence-corrected chi connectivity index (χ1v) is 12.5. The molecule has 0 unspecified atom stereocenters. The van der Waals surface area contributed by atoms with Crippen molar-refractivity contribution in [2.75, 3.05) is 46.4 Å². The smallest absolute Gasteiger partial charge is 0.259 e. The van der Waals surface area contributed by atoms with Crippen LogP contribution in [-0.4, -0.2) is 95.1 Å². The number of rotatable bonds is 8. The van der Waals surface area contributed by atoms with Crippen LogP contribution < -0.4 is 4.74 Å². The van der Waals surface area contributed by atoms with Gasteiger partial charge in [-0.1, -0.05) is 25.5 Å². The van der Waals surface area contributed by atoms with Crippen LogP contribution in [0.25, 0.3) is 6.08 Å². The summed E-state index contributed by atoms with van der Waals surface area (Å²) in [5.74, 6) is 0.114. The third kappa shape index (κ3) is 6.57. The molecule has 2 aliphatic heterocycles. The van der Waals surface area contributed by atoms with Crippen molar-refractivity contribution in [2.24, 2.45) is 5.92 Å². The van der Waals surface area contributed by atoms with Crippen LogP contribution in [0.2, 0.25) is 0 Å². The van der Waals surface area contributed by atoms with Gasteiger partial charge in [0.05, 0.1) is 19.2 Å². The Morgan fingerprint density at radius 3 is 2.76 bits per heavy atom. The zero-order chi connectivity index (χ0) is 24.7. The molecule has 0 bridgehead atoms. The van der Waals surface area contributed by atoms with Crippen LogP contribution in [0.5, 0.6) is 5.88 Å². The van der Waals surface area contributed by atoms with Crippen molar-refractivity contribution >= 4 is 17.9 Å². The number of aliphatic hydroxyl groups is 1. The first-order valence-electron chi connectivity index (χ1n) is 12.5. The first-order chi connectivity index (χ1) is 16.3. The summed E-state index contributed by atoms with van der Waals surface area (Å²) < 4.78 is 6.28. The van der Waals surface area contributed by atoms with E-state index in [2.05, 4.69) is 9.88 Å². The number of likely N-dealkylation sites (tertiary alicyclic amines) is 1. The molecule has 0 radical (unpaired) electrons. The number of aromatic nitrogens is 1. The van der Waals surface area contributed by atoms with E-state index in [9.17, 15) is 14.7 Å². The normalized spacial score (nSPS) is 22.6. The van der Waals surface area contributed by atoms with Gasteiger partial charge in [0.25, 0.3) is 5.91 Å². The standard InChI is InChI=1S/C26H40N4O4/c1-5-9-21-14-22-25(27-15-21)34-23(19(2)16-30(26(22)33)20(3)18-31)17-28(4)24(32)10-13-29-11-7-6-8-12-29/h5,9,14-15,19-20,23,31H,6-8,10-13,16-18H2,1-4H3/t19-,20-,23+/m0/s1. The van der Waals surface area contributed by atoms with Crippen molar-refractivity contribution in [1.29, 1.82) is 0 Å². The van der Waals surface area contributed by atoms with Gasteiger partial charge in [-0.25, -0.2) is 4.98 Å². The lowest BCUT2D eigenvalue weighted by Crippen LogP contribution is -2.50. The van der Waals surface area contributed by atoms with Gasteiger partial charge in [-0.3, -0.25) is 9.59 Å². The monoisotopic (exact) mass is 472 g/mol. The molecular weight excluding hydrogens is 432 g/mol. The SMILES string of the molecule is CC=Cc1cnc2c(c1)C(=O)N([C@@H](C)CO)C[C@H](C)[C@@H](CN(C)C(=O)CCN1CCCCC1)O2. The number of carbonyl (C=O) groups excluding carboxylic acids is 2. The average molecular weight is 473 g/mol. The third-order valence-corrected chi connectivity index (χ3v) is 6.87. The van der Waals surface area contributed by atoms with Crippen LogP contribution >= 0.6 is 0 Å². The van der Waals surface area contributed by atoms with Gasteiger partial charge >= 0.3 is 0 Å². The fourth-order valence-corrected chi connectivity index (χ4v) is 4.62. The lowest BCUT2D eigenvalue weighted by atomic mass is 9.99. The van der Waals surface area contributed by atoms with Crippen LogP contribution in [0.1, 0.15) is 62.4 Å². The summed E-state index contributed by atoms with van der Waals surface area (Å²) in [5, 5.41) is 9.78. The highest BCUT2D eigenvalue weighted by molar-refractivity contribution is 5.97. The third-order valence-electron chi connectivity index (χ3n) is 6.87. The Bertz CT molecular complexity index is 868. The van der Waals surface area contributed by atoms with E-state index in [4.69, 9.17) is 4.74 Å². The number of allylic oxidation sites excluding steroid dienone is 1. The van der Waals surface area contributed by atoms with E-state index in [0.717, 1.165) is 25.2 Å². The molecule has 188 valence electrons. The molecule has 3 heterocycles. The maximum atomic E-state index is 13.4. The number of fused-ring (bicyclic) bond motifs is 1. The predicted molar refractivity (Wildman–Crippen MR) is 133 cm³/mol. The molecule has 2 amide bonds. The lowest BCUT2D eigenvalue weighted by Gasteiger charge is -2.37. The molecule has 0 saturated carbocycles. The first kappa shape index (κ1) is 26.2.